The Bertz CT molecular complexity index is 1260. The van der Waals surface area contributed by atoms with Crippen molar-refractivity contribution in [2.75, 3.05) is 6.61 Å². The van der Waals surface area contributed by atoms with Crippen LogP contribution in [0.4, 0.5) is 0 Å². The predicted molar refractivity (Wildman–Crippen MR) is 158 cm³/mol. The van der Waals surface area contributed by atoms with E-state index >= 15 is 0 Å². The first-order valence-electron chi connectivity index (χ1n) is 13.8. The summed E-state index contributed by atoms with van der Waals surface area (Å²) in [5.41, 5.74) is 5.48. The van der Waals surface area contributed by atoms with Gasteiger partial charge in [-0.1, -0.05) is 90.1 Å². The molecule has 38 heavy (non-hydrogen) atoms. The molecule has 0 saturated carbocycles. The number of esters is 1. The van der Waals surface area contributed by atoms with Crippen molar-refractivity contribution in [2.24, 2.45) is 0 Å². The lowest BCUT2D eigenvalue weighted by molar-refractivity contribution is -0.143. The third-order valence-corrected chi connectivity index (χ3v) is 9.43. The fourth-order valence-corrected chi connectivity index (χ4v) is 6.25. The van der Waals surface area contributed by atoms with E-state index in [0.29, 0.717) is 19.4 Å². The van der Waals surface area contributed by atoms with Crippen LogP contribution in [-0.4, -0.2) is 12.6 Å². The summed E-state index contributed by atoms with van der Waals surface area (Å²) in [5.74, 6) is 1.62. The molecule has 0 spiro atoms. The largest absolute Gasteiger partial charge is 0.466 e. The minimum atomic E-state index is -1.39. The molecule has 0 amide bonds. The normalized spacial score (nSPS) is 14.8. The van der Waals surface area contributed by atoms with Gasteiger partial charge in [-0.25, -0.2) is 0 Å². The number of benzene rings is 3. The molecular weight excluding hydrogens is 491 g/mol. The highest BCUT2D eigenvalue weighted by molar-refractivity contribution is 7.57. The zero-order valence-electron chi connectivity index (χ0n) is 23.9. The third kappa shape index (κ3) is 5.76. The predicted octanol–water partition coefficient (Wildman–Crippen LogP) is 8.63. The van der Waals surface area contributed by atoms with E-state index < -0.39 is 8.38 Å². The molecular formula is C33H41O4P. The van der Waals surface area contributed by atoms with Gasteiger partial charge in [0.1, 0.15) is 11.5 Å². The summed E-state index contributed by atoms with van der Waals surface area (Å²) in [6, 6.07) is 21.1. The molecule has 1 heterocycles. The molecule has 4 rings (SSSR count). The van der Waals surface area contributed by atoms with Crippen molar-refractivity contribution in [2.45, 2.75) is 85.0 Å². The molecule has 0 radical (unpaired) electrons. The lowest BCUT2D eigenvalue weighted by Gasteiger charge is -2.35. The van der Waals surface area contributed by atoms with Crippen LogP contribution in [0.3, 0.4) is 0 Å². The standard InChI is InChI=1S/C33H41O4P/c1-8-32(4,5)26-21-23(19-20-30(34)35-10-3)22-27(33(6,7)9-2)31(26)37-38-29-18-14-12-16-25(29)24-15-11-13-17-28(24)36-38/h11-18,21-22H,8-10,19-20H2,1-7H3. The van der Waals surface area contributed by atoms with Crippen LogP contribution in [0.1, 0.15) is 84.4 Å². The van der Waals surface area contributed by atoms with Crippen molar-refractivity contribution in [3.8, 4) is 22.6 Å². The number of carbonyl (C=O) groups is 1. The summed E-state index contributed by atoms with van der Waals surface area (Å²) in [4.78, 5) is 12.2. The summed E-state index contributed by atoms with van der Waals surface area (Å²) >= 11 is 0. The second-order valence-corrected chi connectivity index (χ2v) is 12.6. The van der Waals surface area contributed by atoms with Crippen LogP contribution in [0.15, 0.2) is 60.7 Å². The molecule has 0 aromatic heterocycles. The van der Waals surface area contributed by atoms with Crippen LogP contribution < -0.4 is 14.4 Å². The molecule has 0 aliphatic carbocycles. The number of aryl methyl sites for hydroxylation is 1. The summed E-state index contributed by atoms with van der Waals surface area (Å²) in [6.07, 6.45) is 2.91. The average molecular weight is 533 g/mol. The summed E-state index contributed by atoms with van der Waals surface area (Å²) < 4.78 is 18.8. The molecule has 3 aromatic rings. The van der Waals surface area contributed by atoms with Crippen LogP contribution >= 0.6 is 8.38 Å². The van der Waals surface area contributed by atoms with Gasteiger partial charge in [-0.3, -0.25) is 4.79 Å². The van der Waals surface area contributed by atoms with Gasteiger partial charge in [0.25, 0.3) is 0 Å². The summed E-state index contributed by atoms with van der Waals surface area (Å²) in [7, 11) is -1.39. The van der Waals surface area contributed by atoms with Crippen LogP contribution in [0.5, 0.6) is 11.5 Å². The van der Waals surface area contributed by atoms with E-state index in [-0.39, 0.29) is 16.8 Å². The summed E-state index contributed by atoms with van der Waals surface area (Å²) in [6.45, 7) is 15.8. The first-order valence-corrected chi connectivity index (χ1v) is 15.0. The molecule has 202 valence electrons. The van der Waals surface area contributed by atoms with Crippen LogP contribution in [0.25, 0.3) is 11.1 Å². The van der Waals surface area contributed by atoms with E-state index in [1.807, 2.05) is 25.1 Å². The number of rotatable bonds is 10. The Morgan fingerprint density at radius 2 is 1.42 bits per heavy atom. The Labute approximate surface area is 229 Å². The van der Waals surface area contributed by atoms with Crippen LogP contribution in [0.2, 0.25) is 0 Å². The van der Waals surface area contributed by atoms with E-state index in [1.54, 1.807) is 0 Å². The highest BCUT2D eigenvalue weighted by Crippen LogP contribution is 2.53. The second-order valence-electron chi connectivity index (χ2n) is 11.3. The van der Waals surface area contributed by atoms with Crippen molar-refractivity contribution in [3.63, 3.8) is 0 Å². The minimum Gasteiger partial charge on any atom is -0.466 e. The monoisotopic (exact) mass is 532 g/mol. The molecule has 3 aromatic carbocycles. The highest BCUT2D eigenvalue weighted by Gasteiger charge is 2.35. The molecule has 5 heteroatoms. The van der Waals surface area contributed by atoms with Gasteiger partial charge in [-0.15, -0.1) is 0 Å². The SMILES string of the molecule is CCOC(=O)CCc1cc(C(C)(C)CC)c(OP2Oc3ccccc3-c3ccccc32)c(C(C)(C)CC)c1. The molecule has 1 unspecified atom stereocenters. The number of hydrogen-bond donors (Lipinski definition) is 0. The number of fused-ring (bicyclic) bond motifs is 3. The Morgan fingerprint density at radius 3 is 2.03 bits per heavy atom. The lowest BCUT2D eigenvalue weighted by atomic mass is 9.74. The second kappa shape index (κ2) is 11.5. The van der Waals surface area contributed by atoms with E-state index in [9.17, 15) is 4.79 Å². The molecule has 0 saturated heterocycles. The van der Waals surface area contributed by atoms with E-state index in [2.05, 4.69) is 84.0 Å². The van der Waals surface area contributed by atoms with E-state index in [1.165, 1.54) is 16.7 Å². The van der Waals surface area contributed by atoms with Gasteiger partial charge in [0, 0.05) is 23.1 Å². The first kappa shape index (κ1) is 28.2. The van der Waals surface area contributed by atoms with Gasteiger partial charge >= 0.3 is 14.3 Å². The van der Waals surface area contributed by atoms with Crippen LogP contribution in [0, 0.1) is 0 Å². The van der Waals surface area contributed by atoms with Crippen molar-refractivity contribution in [1.82, 2.24) is 0 Å². The smallest absolute Gasteiger partial charge is 0.326 e. The Balaban J connectivity index is 1.84. The van der Waals surface area contributed by atoms with Gasteiger partial charge in [0.2, 0.25) is 0 Å². The van der Waals surface area contributed by atoms with Gasteiger partial charge in [-0.2, -0.15) is 0 Å². The van der Waals surface area contributed by atoms with Crippen molar-refractivity contribution >= 4 is 19.6 Å². The maximum atomic E-state index is 12.2. The third-order valence-electron chi connectivity index (χ3n) is 7.93. The first-order chi connectivity index (χ1) is 18.1. The molecule has 0 fully saturated rings. The Kier molecular flexibility index (Phi) is 8.52. The summed E-state index contributed by atoms with van der Waals surface area (Å²) in [5, 5.41) is 1.09. The van der Waals surface area contributed by atoms with Gasteiger partial charge in [-0.05, 0) is 60.3 Å². The average Bonchev–Trinajstić information content (AvgIpc) is 2.92. The van der Waals surface area contributed by atoms with Gasteiger partial charge < -0.3 is 13.8 Å². The fourth-order valence-electron chi connectivity index (χ4n) is 4.72. The van der Waals surface area contributed by atoms with Crippen LogP contribution in [-0.2, 0) is 26.8 Å². The topological polar surface area (TPSA) is 44.8 Å². The molecule has 1 atom stereocenters. The minimum absolute atomic E-state index is 0.129. The fraction of sp³-hybridized carbons (Fsp3) is 0.424. The van der Waals surface area contributed by atoms with E-state index in [0.717, 1.165) is 40.8 Å². The zero-order chi connectivity index (χ0) is 27.5. The Hall–Kier alpha value is -2.84. The van der Waals surface area contributed by atoms with Gasteiger partial charge in [0.15, 0.2) is 0 Å². The van der Waals surface area contributed by atoms with Crippen molar-refractivity contribution in [1.29, 1.82) is 0 Å². The lowest BCUT2D eigenvalue weighted by Crippen LogP contribution is -2.25. The molecule has 0 N–H and O–H groups in total. The maximum absolute atomic E-state index is 12.2. The van der Waals surface area contributed by atoms with Crippen molar-refractivity contribution in [3.05, 3.63) is 77.4 Å². The number of para-hydroxylation sites is 1. The quantitative estimate of drug-likeness (QED) is 0.194. The molecule has 1 aliphatic rings. The maximum Gasteiger partial charge on any atom is 0.326 e. The number of hydrogen-bond acceptors (Lipinski definition) is 4. The number of ether oxygens (including phenoxy) is 1. The highest BCUT2D eigenvalue weighted by atomic mass is 31.2. The Morgan fingerprint density at radius 1 is 0.842 bits per heavy atom. The molecule has 0 bridgehead atoms. The zero-order valence-corrected chi connectivity index (χ0v) is 24.8. The van der Waals surface area contributed by atoms with E-state index in [4.69, 9.17) is 13.8 Å². The number of carbonyl (C=O) groups excluding carboxylic acids is 1. The molecule has 1 aliphatic heterocycles. The van der Waals surface area contributed by atoms with Gasteiger partial charge in [0.05, 0.1) is 11.9 Å². The van der Waals surface area contributed by atoms with Crippen molar-refractivity contribution < 1.29 is 18.6 Å². The molecule has 4 nitrogen and oxygen atoms in total.